The largest absolute Gasteiger partial charge is 0.376 e. The molecule has 0 aromatic carbocycles. The zero-order chi connectivity index (χ0) is 16.9. The van der Waals surface area contributed by atoms with Crippen molar-refractivity contribution in [2.45, 2.75) is 19.7 Å². The lowest BCUT2D eigenvalue weighted by Crippen LogP contribution is -2.31. The summed E-state index contributed by atoms with van der Waals surface area (Å²) in [5.41, 5.74) is 2.25. The second-order valence-corrected chi connectivity index (χ2v) is 6.18. The Morgan fingerprint density at radius 1 is 1.04 bits per heavy atom. The SMILES string of the molecule is c1cnc(N2Cc3ccnn3C[C@H](COCc3cccnc3)C2)nc1. The van der Waals surface area contributed by atoms with Crippen LogP contribution in [0.5, 0.6) is 0 Å². The van der Waals surface area contributed by atoms with E-state index in [2.05, 4.69) is 35.7 Å². The second kappa shape index (κ2) is 7.40. The van der Waals surface area contributed by atoms with Gasteiger partial charge in [0.25, 0.3) is 0 Å². The molecule has 0 amide bonds. The topological polar surface area (TPSA) is 69.0 Å². The number of nitrogens with zero attached hydrogens (tertiary/aromatic N) is 6. The molecular weight excluding hydrogens is 316 g/mol. The molecule has 0 radical (unpaired) electrons. The lowest BCUT2D eigenvalue weighted by Gasteiger charge is -2.23. The highest BCUT2D eigenvalue weighted by Gasteiger charge is 2.24. The summed E-state index contributed by atoms with van der Waals surface area (Å²) < 4.78 is 8.00. The van der Waals surface area contributed by atoms with Gasteiger partial charge in [-0.15, -0.1) is 0 Å². The standard InChI is InChI=1S/C18H20N6O/c1-3-15(9-19-5-1)13-25-14-16-10-23(18-20-6-2-7-21-18)12-17-4-8-22-24(17)11-16/h1-9,16H,10-14H2/t16-/m1/s1. The third-order valence-electron chi connectivity index (χ3n) is 4.25. The molecule has 4 rings (SSSR count). The predicted octanol–water partition coefficient (Wildman–Crippen LogP) is 1.92. The van der Waals surface area contributed by atoms with Crippen LogP contribution in [-0.4, -0.2) is 37.9 Å². The fourth-order valence-corrected chi connectivity index (χ4v) is 3.07. The number of anilines is 1. The van der Waals surface area contributed by atoms with E-state index in [1.807, 2.05) is 30.6 Å². The molecule has 0 spiro atoms. The van der Waals surface area contributed by atoms with Crippen molar-refractivity contribution in [1.29, 1.82) is 0 Å². The second-order valence-electron chi connectivity index (χ2n) is 6.18. The maximum atomic E-state index is 5.94. The van der Waals surface area contributed by atoms with Crippen molar-refractivity contribution in [2.24, 2.45) is 5.92 Å². The Morgan fingerprint density at radius 3 is 2.80 bits per heavy atom. The summed E-state index contributed by atoms with van der Waals surface area (Å²) in [5, 5.41) is 4.44. The summed E-state index contributed by atoms with van der Waals surface area (Å²) in [4.78, 5) is 15.1. The molecule has 1 aliphatic rings. The van der Waals surface area contributed by atoms with Gasteiger partial charge >= 0.3 is 0 Å². The Balaban J connectivity index is 1.45. The van der Waals surface area contributed by atoms with Crippen LogP contribution in [0, 0.1) is 5.92 Å². The lowest BCUT2D eigenvalue weighted by molar-refractivity contribution is 0.0827. The monoisotopic (exact) mass is 336 g/mol. The summed E-state index contributed by atoms with van der Waals surface area (Å²) in [6, 6.07) is 7.83. The molecular formula is C18H20N6O. The van der Waals surface area contributed by atoms with E-state index in [1.165, 1.54) is 5.69 Å². The van der Waals surface area contributed by atoms with Crippen molar-refractivity contribution >= 4 is 5.95 Å². The van der Waals surface area contributed by atoms with Crippen LogP contribution in [0.2, 0.25) is 0 Å². The molecule has 0 N–H and O–H groups in total. The molecule has 0 bridgehead atoms. The highest BCUT2D eigenvalue weighted by molar-refractivity contribution is 5.30. The first-order valence-electron chi connectivity index (χ1n) is 8.38. The minimum Gasteiger partial charge on any atom is -0.376 e. The zero-order valence-corrected chi connectivity index (χ0v) is 13.9. The summed E-state index contributed by atoms with van der Waals surface area (Å²) in [5.74, 6) is 1.05. The summed E-state index contributed by atoms with van der Waals surface area (Å²) >= 11 is 0. The number of rotatable bonds is 5. The zero-order valence-electron chi connectivity index (χ0n) is 13.9. The Hall–Kier alpha value is -2.80. The molecule has 1 atom stereocenters. The van der Waals surface area contributed by atoms with Crippen molar-refractivity contribution in [2.75, 3.05) is 18.1 Å². The van der Waals surface area contributed by atoms with E-state index in [-0.39, 0.29) is 0 Å². The van der Waals surface area contributed by atoms with Gasteiger partial charge in [-0.05, 0) is 23.8 Å². The van der Waals surface area contributed by atoms with Crippen LogP contribution in [0.25, 0.3) is 0 Å². The molecule has 1 aliphatic heterocycles. The van der Waals surface area contributed by atoms with Crippen LogP contribution in [0.3, 0.4) is 0 Å². The smallest absolute Gasteiger partial charge is 0.225 e. The van der Waals surface area contributed by atoms with Gasteiger partial charge in [-0.2, -0.15) is 5.10 Å². The molecule has 3 aromatic rings. The maximum Gasteiger partial charge on any atom is 0.225 e. The van der Waals surface area contributed by atoms with E-state index in [4.69, 9.17) is 4.74 Å². The number of ether oxygens (including phenoxy) is 1. The van der Waals surface area contributed by atoms with Gasteiger partial charge in [0, 0.05) is 50.0 Å². The molecule has 25 heavy (non-hydrogen) atoms. The van der Waals surface area contributed by atoms with Crippen molar-refractivity contribution in [3.8, 4) is 0 Å². The minimum atomic E-state index is 0.307. The van der Waals surface area contributed by atoms with Crippen LogP contribution in [-0.2, 0) is 24.4 Å². The molecule has 3 aromatic heterocycles. The van der Waals surface area contributed by atoms with Gasteiger partial charge in [-0.25, -0.2) is 9.97 Å². The van der Waals surface area contributed by atoms with E-state index < -0.39 is 0 Å². The molecule has 7 nitrogen and oxygen atoms in total. The third-order valence-corrected chi connectivity index (χ3v) is 4.25. The number of hydrogen-bond acceptors (Lipinski definition) is 6. The molecule has 7 heteroatoms. The predicted molar refractivity (Wildman–Crippen MR) is 92.7 cm³/mol. The molecule has 4 heterocycles. The third kappa shape index (κ3) is 3.83. The van der Waals surface area contributed by atoms with Crippen molar-refractivity contribution in [1.82, 2.24) is 24.7 Å². The number of pyridine rings is 1. The number of aromatic nitrogens is 5. The Bertz CT molecular complexity index is 792. The van der Waals surface area contributed by atoms with Crippen LogP contribution >= 0.6 is 0 Å². The Labute approximate surface area is 146 Å². The van der Waals surface area contributed by atoms with Crippen LogP contribution < -0.4 is 4.90 Å². The van der Waals surface area contributed by atoms with Crippen molar-refractivity contribution in [3.05, 3.63) is 66.5 Å². The fourth-order valence-electron chi connectivity index (χ4n) is 3.07. The highest BCUT2D eigenvalue weighted by Crippen LogP contribution is 2.20. The molecule has 0 unspecified atom stereocenters. The van der Waals surface area contributed by atoms with Gasteiger partial charge in [0.1, 0.15) is 0 Å². The first kappa shape index (κ1) is 15.7. The first-order chi connectivity index (χ1) is 12.4. The fraction of sp³-hybridized carbons (Fsp3) is 0.333. The summed E-state index contributed by atoms with van der Waals surface area (Å²) in [6.07, 6.45) is 9.00. The molecule has 0 saturated carbocycles. The van der Waals surface area contributed by atoms with Crippen LogP contribution in [0.15, 0.2) is 55.2 Å². The summed E-state index contributed by atoms with van der Waals surface area (Å²) in [7, 11) is 0. The van der Waals surface area contributed by atoms with Crippen molar-refractivity contribution < 1.29 is 4.74 Å². The van der Waals surface area contributed by atoms with Crippen LogP contribution in [0.4, 0.5) is 5.95 Å². The van der Waals surface area contributed by atoms with E-state index >= 15 is 0 Å². The van der Waals surface area contributed by atoms with Crippen molar-refractivity contribution in [3.63, 3.8) is 0 Å². The molecule has 128 valence electrons. The highest BCUT2D eigenvalue weighted by atomic mass is 16.5. The number of hydrogen-bond donors (Lipinski definition) is 0. The molecule has 0 saturated heterocycles. The normalized spacial score (nSPS) is 17.1. The quantitative estimate of drug-likeness (QED) is 0.709. The van der Waals surface area contributed by atoms with Gasteiger partial charge in [0.15, 0.2) is 0 Å². The summed E-state index contributed by atoms with van der Waals surface area (Å²) in [6.45, 7) is 3.64. The van der Waals surface area contributed by atoms with E-state index in [9.17, 15) is 0 Å². The van der Waals surface area contributed by atoms with E-state index in [0.29, 0.717) is 19.1 Å². The van der Waals surface area contributed by atoms with Gasteiger partial charge < -0.3 is 9.64 Å². The lowest BCUT2D eigenvalue weighted by atomic mass is 10.1. The van der Waals surface area contributed by atoms with Gasteiger partial charge in [-0.1, -0.05) is 6.07 Å². The molecule has 0 fully saturated rings. The van der Waals surface area contributed by atoms with Gasteiger partial charge in [0.05, 0.1) is 25.5 Å². The maximum absolute atomic E-state index is 5.94. The van der Waals surface area contributed by atoms with E-state index in [0.717, 1.165) is 31.1 Å². The molecule has 0 aliphatic carbocycles. The van der Waals surface area contributed by atoms with Gasteiger partial charge in [-0.3, -0.25) is 9.67 Å². The average molecular weight is 336 g/mol. The minimum absolute atomic E-state index is 0.307. The van der Waals surface area contributed by atoms with Gasteiger partial charge in [0.2, 0.25) is 5.95 Å². The Morgan fingerprint density at radius 2 is 1.96 bits per heavy atom. The van der Waals surface area contributed by atoms with Crippen LogP contribution in [0.1, 0.15) is 11.3 Å². The van der Waals surface area contributed by atoms with E-state index in [1.54, 1.807) is 18.6 Å². The first-order valence-corrected chi connectivity index (χ1v) is 8.38. The number of fused-ring (bicyclic) bond motifs is 1. The Kier molecular flexibility index (Phi) is 4.65. The average Bonchev–Trinajstić information content (AvgIpc) is 3.02.